The van der Waals surface area contributed by atoms with E-state index in [2.05, 4.69) is 10.6 Å². The normalized spacial score (nSPS) is 16.7. The first-order chi connectivity index (χ1) is 8.78. The van der Waals surface area contributed by atoms with E-state index in [0.29, 0.717) is 16.9 Å². The van der Waals surface area contributed by atoms with Crippen LogP contribution in [0.3, 0.4) is 0 Å². The van der Waals surface area contributed by atoms with Gasteiger partial charge in [0.2, 0.25) is 11.2 Å². The Labute approximate surface area is 111 Å². The lowest BCUT2D eigenvalue weighted by atomic mass is 10.0. The summed E-state index contributed by atoms with van der Waals surface area (Å²) in [5, 5.41) is 7.14. The number of hydrogen-bond donors (Lipinski definition) is 1. The van der Waals surface area contributed by atoms with Crippen molar-refractivity contribution < 1.29 is 14.0 Å². The molecular formula is C12H20N3O2S+. The van der Waals surface area contributed by atoms with Gasteiger partial charge in [-0.3, -0.25) is 14.6 Å². The van der Waals surface area contributed by atoms with Crippen LogP contribution in [0.25, 0.3) is 0 Å². The maximum Gasteiger partial charge on any atom is 0.302 e. The number of hydrogen-bond acceptors (Lipinski definition) is 4. The van der Waals surface area contributed by atoms with Crippen molar-refractivity contribution in [2.45, 2.75) is 50.8 Å². The minimum atomic E-state index is -0.00928. The number of thioether (sulfide) groups is 1. The van der Waals surface area contributed by atoms with E-state index in [0.717, 1.165) is 6.54 Å². The maximum absolute atomic E-state index is 11.7. The van der Waals surface area contributed by atoms with E-state index in [1.165, 1.54) is 32.1 Å². The van der Waals surface area contributed by atoms with Crippen LogP contribution in [0.15, 0.2) is 10.7 Å². The Balaban J connectivity index is 1.71. The van der Waals surface area contributed by atoms with Gasteiger partial charge in [0, 0.05) is 5.25 Å². The van der Waals surface area contributed by atoms with Crippen LogP contribution in [0.1, 0.15) is 39.0 Å². The zero-order chi connectivity index (χ0) is 12.8. The van der Waals surface area contributed by atoms with Gasteiger partial charge in [0.1, 0.15) is 0 Å². The number of rotatable bonds is 5. The Hall–Kier alpha value is -1.04. The molecule has 1 aromatic rings. The van der Waals surface area contributed by atoms with Gasteiger partial charge in [-0.05, 0) is 19.8 Å². The lowest BCUT2D eigenvalue weighted by Crippen LogP contribution is -2.32. The van der Waals surface area contributed by atoms with Gasteiger partial charge in [0.15, 0.2) is 6.54 Å². The second-order valence-electron chi connectivity index (χ2n) is 4.54. The van der Waals surface area contributed by atoms with Crippen LogP contribution in [-0.4, -0.2) is 22.2 Å². The first kappa shape index (κ1) is 13.4. The molecule has 0 aliphatic heterocycles. The molecule has 0 spiro atoms. The average Bonchev–Trinajstić information content (AvgIpc) is 2.85. The lowest BCUT2D eigenvalue weighted by molar-refractivity contribution is -0.759. The van der Waals surface area contributed by atoms with E-state index in [4.69, 9.17) is 4.52 Å². The van der Waals surface area contributed by atoms with Crippen molar-refractivity contribution in [3.05, 3.63) is 6.20 Å². The molecule has 2 rings (SSSR count). The van der Waals surface area contributed by atoms with Crippen molar-refractivity contribution in [3.8, 4) is 0 Å². The second kappa shape index (κ2) is 6.78. The highest BCUT2D eigenvalue weighted by Crippen LogP contribution is 2.28. The minimum Gasteiger partial charge on any atom is -0.288 e. The highest BCUT2D eigenvalue weighted by Gasteiger charge is 2.17. The van der Waals surface area contributed by atoms with Gasteiger partial charge in [-0.1, -0.05) is 23.9 Å². The summed E-state index contributed by atoms with van der Waals surface area (Å²) in [6.07, 6.45) is 8.14. The fraction of sp³-hybridized carbons (Fsp3) is 0.750. The van der Waals surface area contributed by atoms with E-state index in [1.54, 1.807) is 22.6 Å². The SMILES string of the molecule is CC[n+]1cc(NC(=O)CSC2CCCCC2)on1. The summed E-state index contributed by atoms with van der Waals surface area (Å²) < 4.78 is 6.63. The molecule has 6 heteroatoms. The van der Waals surface area contributed by atoms with Crippen LogP contribution >= 0.6 is 11.8 Å². The molecule has 18 heavy (non-hydrogen) atoms. The number of amides is 1. The topological polar surface area (TPSA) is 59.0 Å². The molecule has 0 bridgehead atoms. The molecule has 1 fully saturated rings. The van der Waals surface area contributed by atoms with Gasteiger partial charge < -0.3 is 0 Å². The molecule has 1 N–H and O–H groups in total. The summed E-state index contributed by atoms with van der Waals surface area (Å²) >= 11 is 1.76. The molecule has 1 aromatic heterocycles. The van der Waals surface area contributed by atoms with Crippen LogP contribution in [0.2, 0.25) is 0 Å². The standard InChI is InChI=1S/C12H19N3O2S/c1-2-15-8-12(17-14-15)13-11(16)9-18-10-6-4-3-5-7-10/h8,10H,2-7,9H2,1H3/p+1. The number of carbonyl (C=O) groups is 1. The van der Waals surface area contributed by atoms with Gasteiger partial charge in [-0.15, -0.1) is 11.8 Å². The van der Waals surface area contributed by atoms with E-state index >= 15 is 0 Å². The van der Waals surface area contributed by atoms with Crippen molar-refractivity contribution in [3.63, 3.8) is 0 Å². The fourth-order valence-corrected chi connectivity index (χ4v) is 3.21. The van der Waals surface area contributed by atoms with Gasteiger partial charge in [-0.2, -0.15) is 0 Å². The zero-order valence-electron chi connectivity index (χ0n) is 10.7. The Kier molecular flexibility index (Phi) is 5.04. The summed E-state index contributed by atoms with van der Waals surface area (Å²) in [6, 6.07) is 0. The van der Waals surface area contributed by atoms with Gasteiger partial charge in [-0.25, -0.2) is 0 Å². The molecule has 1 heterocycles. The summed E-state index contributed by atoms with van der Waals surface area (Å²) in [6.45, 7) is 2.70. The molecule has 1 aliphatic carbocycles. The van der Waals surface area contributed by atoms with E-state index < -0.39 is 0 Å². The molecule has 1 amide bonds. The quantitative estimate of drug-likeness (QED) is 0.831. The highest BCUT2D eigenvalue weighted by molar-refractivity contribution is 8.00. The van der Waals surface area contributed by atoms with Crippen molar-refractivity contribution in [2.75, 3.05) is 11.1 Å². The molecule has 0 saturated heterocycles. The van der Waals surface area contributed by atoms with Gasteiger partial charge in [0.25, 0.3) is 6.20 Å². The van der Waals surface area contributed by atoms with Crippen molar-refractivity contribution in [1.29, 1.82) is 0 Å². The Morgan fingerprint density at radius 3 is 3.00 bits per heavy atom. The zero-order valence-corrected chi connectivity index (χ0v) is 11.5. The van der Waals surface area contributed by atoms with Crippen LogP contribution in [0, 0.1) is 0 Å². The molecule has 0 atom stereocenters. The second-order valence-corrected chi connectivity index (χ2v) is 5.83. The predicted octanol–water partition coefficient (Wildman–Crippen LogP) is 1.99. The third-order valence-electron chi connectivity index (χ3n) is 3.10. The van der Waals surface area contributed by atoms with Crippen LogP contribution in [0.4, 0.5) is 5.88 Å². The Morgan fingerprint density at radius 1 is 1.56 bits per heavy atom. The third-order valence-corrected chi connectivity index (χ3v) is 4.47. The molecule has 100 valence electrons. The van der Waals surface area contributed by atoms with Crippen molar-refractivity contribution >= 4 is 23.6 Å². The molecule has 5 nitrogen and oxygen atoms in total. The number of aromatic nitrogens is 2. The number of carbonyl (C=O) groups excluding carboxylic acids is 1. The number of anilines is 1. The number of nitrogens with one attached hydrogen (secondary N) is 1. The average molecular weight is 270 g/mol. The van der Waals surface area contributed by atoms with E-state index in [-0.39, 0.29) is 5.91 Å². The maximum atomic E-state index is 11.7. The van der Waals surface area contributed by atoms with Gasteiger partial charge >= 0.3 is 5.88 Å². The van der Waals surface area contributed by atoms with Crippen LogP contribution in [0.5, 0.6) is 0 Å². The van der Waals surface area contributed by atoms with E-state index in [1.807, 2.05) is 6.92 Å². The summed E-state index contributed by atoms with van der Waals surface area (Å²) in [7, 11) is 0. The van der Waals surface area contributed by atoms with Gasteiger partial charge in [0.05, 0.1) is 5.75 Å². The first-order valence-electron chi connectivity index (χ1n) is 6.56. The Morgan fingerprint density at radius 2 is 2.33 bits per heavy atom. The summed E-state index contributed by atoms with van der Waals surface area (Å²) in [4.78, 5) is 11.7. The molecule has 0 radical (unpaired) electrons. The fourth-order valence-electron chi connectivity index (χ4n) is 2.08. The number of aryl methyl sites for hydroxylation is 1. The molecular weight excluding hydrogens is 250 g/mol. The lowest BCUT2D eigenvalue weighted by Gasteiger charge is -2.20. The molecule has 1 saturated carbocycles. The number of nitrogens with zero attached hydrogens (tertiary/aromatic N) is 2. The Bertz CT molecular complexity index is 388. The highest BCUT2D eigenvalue weighted by atomic mass is 32.2. The monoisotopic (exact) mass is 270 g/mol. The minimum absolute atomic E-state index is 0.00928. The third kappa shape index (κ3) is 4.01. The largest absolute Gasteiger partial charge is 0.302 e. The predicted molar refractivity (Wildman–Crippen MR) is 70.3 cm³/mol. The van der Waals surface area contributed by atoms with Crippen LogP contribution in [-0.2, 0) is 11.3 Å². The smallest absolute Gasteiger partial charge is 0.288 e. The summed E-state index contributed by atoms with van der Waals surface area (Å²) in [5.41, 5.74) is 0. The van der Waals surface area contributed by atoms with E-state index in [9.17, 15) is 4.79 Å². The van der Waals surface area contributed by atoms with Crippen molar-refractivity contribution in [1.82, 2.24) is 5.27 Å². The first-order valence-corrected chi connectivity index (χ1v) is 7.60. The van der Waals surface area contributed by atoms with Crippen LogP contribution < -0.4 is 10.00 Å². The molecule has 0 unspecified atom stereocenters. The van der Waals surface area contributed by atoms with Crippen molar-refractivity contribution in [2.24, 2.45) is 0 Å². The molecule has 0 aromatic carbocycles. The molecule has 1 aliphatic rings. The summed E-state index contributed by atoms with van der Waals surface area (Å²) in [5.74, 6) is 0.911.